The first-order valence-electron chi connectivity index (χ1n) is 7.51. The largest absolute Gasteiger partial charge is 0.340 e. The Bertz CT molecular complexity index is 728. The van der Waals surface area contributed by atoms with Gasteiger partial charge in [-0.3, -0.25) is 14.9 Å². The standard InChI is InChI=1S/C14H20N4O5S/c1-11(10-15)14(19)16-6-8-17(9-7-16)24(22,23)13-5-3-2-4-12(13)18(20)21/h2-5,11H,6-10,15H2,1H3. The smallest absolute Gasteiger partial charge is 0.289 e. The van der Waals surface area contributed by atoms with Gasteiger partial charge in [0, 0.05) is 44.7 Å². The van der Waals surface area contributed by atoms with Gasteiger partial charge in [0.05, 0.1) is 4.92 Å². The van der Waals surface area contributed by atoms with Crippen LogP contribution >= 0.6 is 0 Å². The highest BCUT2D eigenvalue weighted by molar-refractivity contribution is 7.89. The van der Waals surface area contributed by atoms with Crippen molar-refractivity contribution < 1.29 is 18.1 Å². The van der Waals surface area contributed by atoms with Crippen LogP contribution in [-0.4, -0.2) is 61.2 Å². The number of benzene rings is 1. The van der Waals surface area contributed by atoms with Crippen molar-refractivity contribution in [3.05, 3.63) is 34.4 Å². The minimum Gasteiger partial charge on any atom is -0.340 e. The number of hydrogen-bond acceptors (Lipinski definition) is 6. The molecule has 0 spiro atoms. The summed E-state index contributed by atoms with van der Waals surface area (Å²) in [5.41, 5.74) is 5.03. The van der Waals surface area contributed by atoms with Crippen LogP contribution in [0, 0.1) is 16.0 Å². The zero-order valence-electron chi connectivity index (χ0n) is 13.3. The molecule has 0 bridgehead atoms. The summed E-state index contributed by atoms with van der Waals surface area (Å²) in [6, 6.07) is 5.25. The number of nitrogens with two attached hydrogens (primary N) is 1. The summed E-state index contributed by atoms with van der Waals surface area (Å²) in [4.78, 5) is 23.7. The first kappa shape index (κ1) is 18.3. The van der Waals surface area contributed by atoms with Crippen molar-refractivity contribution in [3.8, 4) is 0 Å². The number of nitro groups is 1. The number of hydrogen-bond donors (Lipinski definition) is 1. The van der Waals surface area contributed by atoms with Gasteiger partial charge in [-0.2, -0.15) is 4.31 Å². The lowest BCUT2D eigenvalue weighted by Gasteiger charge is -2.35. The van der Waals surface area contributed by atoms with Crippen LogP contribution in [0.1, 0.15) is 6.92 Å². The van der Waals surface area contributed by atoms with E-state index in [0.717, 1.165) is 6.07 Å². The maximum Gasteiger partial charge on any atom is 0.289 e. The maximum absolute atomic E-state index is 12.7. The summed E-state index contributed by atoms with van der Waals surface area (Å²) >= 11 is 0. The van der Waals surface area contributed by atoms with Gasteiger partial charge in [0.15, 0.2) is 4.90 Å². The Kier molecular flexibility index (Phi) is 5.52. The molecule has 0 radical (unpaired) electrons. The van der Waals surface area contributed by atoms with Crippen LogP contribution in [-0.2, 0) is 14.8 Å². The lowest BCUT2D eigenvalue weighted by Crippen LogP contribution is -2.52. The van der Waals surface area contributed by atoms with Crippen molar-refractivity contribution in [3.63, 3.8) is 0 Å². The van der Waals surface area contributed by atoms with Crippen molar-refractivity contribution in [2.45, 2.75) is 11.8 Å². The third-order valence-corrected chi connectivity index (χ3v) is 5.95. The summed E-state index contributed by atoms with van der Waals surface area (Å²) in [7, 11) is -3.98. The molecule has 2 rings (SSSR count). The molecular formula is C14H20N4O5S. The number of para-hydroxylation sites is 1. The van der Waals surface area contributed by atoms with Crippen LogP contribution in [0.4, 0.5) is 5.69 Å². The van der Waals surface area contributed by atoms with E-state index in [2.05, 4.69) is 0 Å². The Morgan fingerprint density at radius 2 is 1.88 bits per heavy atom. The summed E-state index contributed by atoms with van der Waals surface area (Å²) in [5, 5.41) is 11.1. The molecule has 1 aromatic carbocycles. The molecule has 24 heavy (non-hydrogen) atoms. The van der Waals surface area contributed by atoms with E-state index in [1.54, 1.807) is 11.8 Å². The third kappa shape index (κ3) is 3.55. The van der Waals surface area contributed by atoms with Gasteiger partial charge >= 0.3 is 0 Å². The highest BCUT2D eigenvalue weighted by atomic mass is 32.2. The number of nitro benzene ring substituents is 1. The topological polar surface area (TPSA) is 127 Å². The zero-order valence-corrected chi connectivity index (χ0v) is 14.1. The molecular weight excluding hydrogens is 336 g/mol. The number of rotatable bonds is 5. The van der Waals surface area contributed by atoms with Crippen molar-refractivity contribution in [1.29, 1.82) is 0 Å². The fraction of sp³-hybridized carbons (Fsp3) is 0.500. The average molecular weight is 356 g/mol. The second kappa shape index (κ2) is 7.24. The molecule has 2 N–H and O–H groups in total. The van der Waals surface area contributed by atoms with Gasteiger partial charge in [-0.05, 0) is 6.07 Å². The number of piperazine rings is 1. The second-order valence-electron chi connectivity index (χ2n) is 5.59. The van der Waals surface area contributed by atoms with Gasteiger partial charge in [-0.15, -0.1) is 0 Å². The highest BCUT2D eigenvalue weighted by Gasteiger charge is 2.34. The quantitative estimate of drug-likeness (QED) is 0.585. The molecule has 0 aromatic heterocycles. The van der Waals surface area contributed by atoms with E-state index in [4.69, 9.17) is 5.73 Å². The molecule has 1 amide bonds. The summed E-state index contributed by atoms with van der Waals surface area (Å²) < 4.78 is 26.5. The molecule has 132 valence electrons. The Balaban J connectivity index is 2.17. The summed E-state index contributed by atoms with van der Waals surface area (Å²) in [5.74, 6) is -0.427. The molecule has 1 heterocycles. The van der Waals surface area contributed by atoms with Gasteiger partial charge in [0.1, 0.15) is 0 Å². The molecule has 1 aliphatic rings. The van der Waals surface area contributed by atoms with Crippen LogP contribution in [0.3, 0.4) is 0 Å². The molecule has 10 heteroatoms. The van der Waals surface area contributed by atoms with Crippen molar-refractivity contribution in [2.75, 3.05) is 32.7 Å². The minimum atomic E-state index is -3.98. The first-order valence-corrected chi connectivity index (χ1v) is 8.95. The number of carbonyl (C=O) groups is 1. The summed E-state index contributed by atoms with van der Waals surface area (Å²) in [6.07, 6.45) is 0. The fourth-order valence-electron chi connectivity index (χ4n) is 2.53. The first-order chi connectivity index (χ1) is 11.3. The molecule has 9 nitrogen and oxygen atoms in total. The van der Waals surface area contributed by atoms with E-state index in [1.165, 1.54) is 22.5 Å². The molecule has 1 unspecified atom stereocenters. The minimum absolute atomic E-state index is 0.0947. The lowest BCUT2D eigenvalue weighted by molar-refractivity contribution is -0.387. The van der Waals surface area contributed by atoms with Crippen LogP contribution < -0.4 is 5.73 Å². The van der Waals surface area contributed by atoms with Gasteiger partial charge in [0.2, 0.25) is 15.9 Å². The van der Waals surface area contributed by atoms with Crippen LogP contribution in [0.15, 0.2) is 29.2 Å². The normalized spacial score (nSPS) is 17.5. The van der Waals surface area contributed by atoms with E-state index in [1.807, 2.05) is 0 Å². The molecule has 0 saturated carbocycles. The summed E-state index contributed by atoms with van der Waals surface area (Å²) in [6.45, 7) is 2.62. The number of nitrogens with zero attached hydrogens (tertiary/aromatic N) is 3. The van der Waals surface area contributed by atoms with Crippen molar-refractivity contribution >= 4 is 21.6 Å². The fourth-order valence-corrected chi connectivity index (χ4v) is 4.11. The molecule has 1 atom stereocenters. The Morgan fingerprint density at radius 1 is 1.29 bits per heavy atom. The zero-order chi connectivity index (χ0) is 17.9. The predicted octanol–water partition coefficient (Wildman–Crippen LogP) is 0.0225. The monoisotopic (exact) mass is 356 g/mol. The van der Waals surface area contributed by atoms with E-state index in [9.17, 15) is 23.3 Å². The Hall–Kier alpha value is -2.04. The van der Waals surface area contributed by atoms with Gasteiger partial charge in [-0.25, -0.2) is 8.42 Å². The maximum atomic E-state index is 12.7. The number of sulfonamides is 1. The van der Waals surface area contributed by atoms with Gasteiger partial charge in [-0.1, -0.05) is 19.1 Å². The molecule has 1 fully saturated rings. The molecule has 0 aliphatic carbocycles. The lowest BCUT2D eigenvalue weighted by atomic mass is 10.1. The van der Waals surface area contributed by atoms with Crippen LogP contribution in [0.5, 0.6) is 0 Å². The number of amides is 1. The van der Waals surface area contributed by atoms with E-state index < -0.39 is 20.6 Å². The van der Waals surface area contributed by atoms with E-state index in [0.29, 0.717) is 0 Å². The molecule has 1 aromatic rings. The van der Waals surface area contributed by atoms with Crippen molar-refractivity contribution in [2.24, 2.45) is 11.7 Å². The van der Waals surface area contributed by atoms with Crippen LogP contribution in [0.2, 0.25) is 0 Å². The second-order valence-corrected chi connectivity index (χ2v) is 7.50. The Labute approximate surface area is 140 Å². The van der Waals surface area contributed by atoms with E-state index in [-0.39, 0.29) is 49.4 Å². The Morgan fingerprint density at radius 3 is 2.42 bits per heavy atom. The SMILES string of the molecule is CC(CN)C(=O)N1CCN(S(=O)(=O)c2ccccc2[N+](=O)[O-])CC1. The van der Waals surface area contributed by atoms with E-state index >= 15 is 0 Å². The molecule has 1 aliphatic heterocycles. The molecule has 1 saturated heterocycles. The van der Waals surface area contributed by atoms with Crippen LogP contribution in [0.25, 0.3) is 0 Å². The van der Waals surface area contributed by atoms with Gasteiger partial charge < -0.3 is 10.6 Å². The highest BCUT2D eigenvalue weighted by Crippen LogP contribution is 2.27. The average Bonchev–Trinajstić information content (AvgIpc) is 2.60. The predicted molar refractivity (Wildman–Crippen MR) is 86.7 cm³/mol. The van der Waals surface area contributed by atoms with Gasteiger partial charge in [0.25, 0.3) is 5.69 Å². The number of carbonyl (C=O) groups excluding carboxylic acids is 1. The third-order valence-electron chi connectivity index (χ3n) is 4.01. The van der Waals surface area contributed by atoms with Crippen molar-refractivity contribution in [1.82, 2.24) is 9.21 Å².